The summed E-state index contributed by atoms with van der Waals surface area (Å²) in [5.41, 5.74) is 17.2. The van der Waals surface area contributed by atoms with Crippen LogP contribution in [0.1, 0.15) is 58.2 Å². The molecule has 2 aromatic carbocycles. The molecule has 7 heteroatoms. The number of benzene rings is 2. The predicted octanol–water partition coefficient (Wildman–Crippen LogP) is 3.42. The van der Waals surface area contributed by atoms with Crippen LogP contribution in [-0.2, 0) is 11.2 Å². The summed E-state index contributed by atoms with van der Waals surface area (Å²) >= 11 is 0. The van der Waals surface area contributed by atoms with Crippen molar-refractivity contribution in [1.82, 2.24) is 14.9 Å². The topological polar surface area (TPSA) is 118 Å². The summed E-state index contributed by atoms with van der Waals surface area (Å²) in [5.74, 6) is 0.264. The van der Waals surface area contributed by atoms with Crippen molar-refractivity contribution in [2.24, 2.45) is 11.5 Å². The van der Waals surface area contributed by atoms with Crippen molar-refractivity contribution < 1.29 is 9.59 Å². The minimum atomic E-state index is -0.675. The normalized spacial score (nSPS) is 17.1. The predicted molar refractivity (Wildman–Crippen MR) is 128 cm³/mol. The molecular formula is C26H31N5O2. The standard InChI is InChI=1S/C26H31N5O2/c1-16-12-19(24(28)32)13-17(2)20(16)14-21(27)26(33)31-11-7-6-10-23(31)25-29-15-22(30-25)18-8-4-3-5-9-18/h3-5,8-9,12-13,15,21,23H,6-7,10-11,14,27H2,1-2H3,(H2,28,32)(H,29,30)/t21-,23-/m0/s1. The highest BCUT2D eigenvalue weighted by Crippen LogP contribution is 2.31. The second-order valence-corrected chi connectivity index (χ2v) is 8.85. The van der Waals surface area contributed by atoms with Crippen LogP contribution >= 0.6 is 0 Å². The number of primary amides is 1. The third-order valence-electron chi connectivity index (χ3n) is 6.50. The molecule has 2 amide bonds. The Bertz CT molecular complexity index is 1130. The first-order valence-electron chi connectivity index (χ1n) is 11.4. The summed E-state index contributed by atoms with van der Waals surface area (Å²) in [7, 11) is 0. The molecule has 5 N–H and O–H groups in total. The molecule has 1 aromatic heterocycles. The number of imidazole rings is 1. The third-order valence-corrected chi connectivity index (χ3v) is 6.50. The fourth-order valence-corrected chi connectivity index (χ4v) is 4.73. The zero-order chi connectivity index (χ0) is 23.5. The van der Waals surface area contributed by atoms with Crippen molar-refractivity contribution in [1.29, 1.82) is 0 Å². The number of likely N-dealkylation sites (tertiary alicyclic amines) is 1. The molecule has 2 heterocycles. The zero-order valence-electron chi connectivity index (χ0n) is 19.2. The monoisotopic (exact) mass is 445 g/mol. The van der Waals surface area contributed by atoms with Crippen molar-refractivity contribution >= 4 is 11.8 Å². The van der Waals surface area contributed by atoms with Gasteiger partial charge >= 0.3 is 0 Å². The molecule has 0 unspecified atom stereocenters. The number of amides is 2. The quantitative estimate of drug-likeness (QED) is 0.539. The maximum absolute atomic E-state index is 13.4. The van der Waals surface area contributed by atoms with Crippen LogP contribution in [0.3, 0.4) is 0 Å². The molecular weight excluding hydrogens is 414 g/mol. The molecule has 0 spiro atoms. The van der Waals surface area contributed by atoms with Gasteiger partial charge in [0.1, 0.15) is 5.82 Å². The van der Waals surface area contributed by atoms with Gasteiger partial charge in [-0.3, -0.25) is 9.59 Å². The van der Waals surface area contributed by atoms with Gasteiger partial charge in [-0.25, -0.2) is 4.98 Å². The van der Waals surface area contributed by atoms with Crippen molar-refractivity contribution in [3.8, 4) is 11.3 Å². The first-order valence-corrected chi connectivity index (χ1v) is 11.4. The number of carbonyl (C=O) groups excluding carboxylic acids is 2. The summed E-state index contributed by atoms with van der Waals surface area (Å²) in [6, 6.07) is 12.8. The SMILES string of the molecule is Cc1cc(C(N)=O)cc(C)c1C[C@H](N)C(=O)N1CCCC[C@H]1c1ncc(-c2ccccc2)[nH]1. The van der Waals surface area contributed by atoms with Gasteiger partial charge in [0, 0.05) is 12.1 Å². The molecule has 3 aromatic rings. The number of aryl methyl sites for hydroxylation is 2. The fourth-order valence-electron chi connectivity index (χ4n) is 4.73. The highest BCUT2D eigenvalue weighted by atomic mass is 16.2. The average Bonchev–Trinajstić information content (AvgIpc) is 3.31. The van der Waals surface area contributed by atoms with Crippen molar-refractivity contribution in [2.45, 2.75) is 51.6 Å². The maximum atomic E-state index is 13.4. The number of carbonyl (C=O) groups is 2. The van der Waals surface area contributed by atoms with Crippen molar-refractivity contribution in [3.63, 3.8) is 0 Å². The van der Waals surface area contributed by atoms with E-state index in [1.807, 2.05) is 55.3 Å². The molecule has 4 rings (SSSR count). The molecule has 0 saturated carbocycles. The highest BCUT2D eigenvalue weighted by molar-refractivity contribution is 5.93. The van der Waals surface area contributed by atoms with E-state index in [4.69, 9.17) is 11.5 Å². The number of nitrogens with zero attached hydrogens (tertiary/aromatic N) is 2. The minimum absolute atomic E-state index is 0.0739. The van der Waals surface area contributed by atoms with Crippen molar-refractivity contribution in [2.75, 3.05) is 6.54 Å². The first kappa shape index (κ1) is 22.7. The second kappa shape index (κ2) is 9.58. The van der Waals surface area contributed by atoms with Crippen LogP contribution in [0.2, 0.25) is 0 Å². The number of rotatable bonds is 6. The molecule has 33 heavy (non-hydrogen) atoms. The molecule has 0 aliphatic carbocycles. The number of H-pyrrole nitrogens is 1. The molecule has 1 fully saturated rings. The smallest absolute Gasteiger partial charge is 0.248 e. The Hall–Kier alpha value is -3.45. The second-order valence-electron chi connectivity index (χ2n) is 8.85. The molecule has 2 atom stereocenters. The Morgan fingerprint density at radius 3 is 2.52 bits per heavy atom. The van der Waals surface area contributed by atoms with Crippen LogP contribution in [0.4, 0.5) is 0 Å². The van der Waals surface area contributed by atoms with Crippen LogP contribution in [0, 0.1) is 13.8 Å². The number of nitrogens with one attached hydrogen (secondary N) is 1. The van der Waals surface area contributed by atoms with Gasteiger partial charge < -0.3 is 21.4 Å². The Kier molecular flexibility index (Phi) is 6.60. The number of hydrogen-bond donors (Lipinski definition) is 3. The Morgan fingerprint density at radius 2 is 1.85 bits per heavy atom. The van der Waals surface area contributed by atoms with E-state index in [1.165, 1.54) is 0 Å². The van der Waals surface area contributed by atoms with Gasteiger partial charge in [0.2, 0.25) is 11.8 Å². The van der Waals surface area contributed by atoms with E-state index in [2.05, 4.69) is 9.97 Å². The molecule has 172 valence electrons. The number of aromatic nitrogens is 2. The molecule has 7 nitrogen and oxygen atoms in total. The molecule has 1 saturated heterocycles. The average molecular weight is 446 g/mol. The van der Waals surface area contributed by atoms with E-state index in [0.29, 0.717) is 18.5 Å². The van der Waals surface area contributed by atoms with Crippen molar-refractivity contribution in [3.05, 3.63) is 76.7 Å². The van der Waals surface area contributed by atoms with E-state index < -0.39 is 11.9 Å². The van der Waals surface area contributed by atoms with Gasteiger partial charge in [-0.05, 0) is 73.9 Å². The third kappa shape index (κ3) is 4.83. The van der Waals surface area contributed by atoms with Gasteiger partial charge in [-0.2, -0.15) is 0 Å². The van der Waals surface area contributed by atoms with Crippen LogP contribution < -0.4 is 11.5 Å². The lowest BCUT2D eigenvalue weighted by atomic mass is 9.93. The highest BCUT2D eigenvalue weighted by Gasteiger charge is 2.33. The summed E-state index contributed by atoms with van der Waals surface area (Å²) in [6.45, 7) is 4.50. The number of aromatic amines is 1. The Morgan fingerprint density at radius 1 is 1.15 bits per heavy atom. The van der Waals surface area contributed by atoms with Crippen LogP contribution in [0.5, 0.6) is 0 Å². The van der Waals surface area contributed by atoms with Crippen LogP contribution in [-0.4, -0.2) is 39.3 Å². The maximum Gasteiger partial charge on any atom is 0.248 e. The van der Waals surface area contributed by atoms with Gasteiger partial charge in [-0.15, -0.1) is 0 Å². The van der Waals surface area contributed by atoms with E-state index in [-0.39, 0.29) is 11.9 Å². The lowest BCUT2D eigenvalue weighted by molar-refractivity contribution is -0.136. The van der Waals surface area contributed by atoms with E-state index in [0.717, 1.165) is 53.0 Å². The first-order chi connectivity index (χ1) is 15.8. The fraction of sp³-hybridized carbons (Fsp3) is 0.346. The molecule has 0 bridgehead atoms. The van der Waals surface area contributed by atoms with Gasteiger partial charge in [0.05, 0.1) is 24.0 Å². The summed E-state index contributed by atoms with van der Waals surface area (Å²) in [5, 5.41) is 0. The summed E-state index contributed by atoms with van der Waals surface area (Å²) < 4.78 is 0. The summed E-state index contributed by atoms with van der Waals surface area (Å²) in [6.07, 6.45) is 5.08. The lowest BCUT2D eigenvalue weighted by Crippen LogP contribution is -2.48. The number of piperidine rings is 1. The zero-order valence-corrected chi connectivity index (χ0v) is 19.2. The Labute approximate surface area is 194 Å². The van der Waals surface area contributed by atoms with Crippen LogP contribution in [0.25, 0.3) is 11.3 Å². The Balaban J connectivity index is 1.53. The van der Waals surface area contributed by atoms with Gasteiger partial charge in [0.15, 0.2) is 0 Å². The lowest BCUT2D eigenvalue weighted by Gasteiger charge is -2.36. The number of hydrogen-bond acceptors (Lipinski definition) is 4. The van der Waals surface area contributed by atoms with Gasteiger partial charge in [0.25, 0.3) is 0 Å². The van der Waals surface area contributed by atoms with Crippen LogP contribution in [0.15, 0.2) is 48.7 Å². The van der Waals surface area contributed by atoms with E-state index in [1.54, 1.807) is 12.1 Å². The van der Waals surface area contributed by atoms with Gasteiger partial charge in [-0.1, -0.05) is 30.3 Å². The van der Waals surface area contributed by atoms with E-state index >= 15 is 0 Å². The number of nitrogens with two attached hydrogens (primary N) is 2. The molecule has 1 aliphatic rings. The minimum Gasteiger partial charge on any atom is -0.366 e. The van der Waals surface area contributed by atoms with E-state index in [9.17, 15) is 9.59 Å². The molecule has 1 aliphatic heterocycles. The largest absolute Gasteiger partial charge is 0.366 e. The summed E-state index contributed by atoms with van der Waals surface area (Å²) in [4.78, 5) is 34.9. The molecule has 0 radical (unpaired) electrons.